The topological polar surface area (TPSA) is 57.6 Å². The summed E-state index contributed by atoms with van der Waals surface area (Å²) in [5.74, 6) is 0.0363. The Labute approximate surface area is 124 Å². The number of hydrogen-bond donors (Lipinski definition) is 1. The van der Waals surface area contributed by atoms with Crippen LogP contribution >= 0.6 is 11.6 Å². The Bertz CT molecular complexity index is 602. The first-order valence-electron chi connectivity index (χ1n) is 6.39. The number of rotatable bonds is 4. The van der Waals surface area contributed by atoms with Gasteiger partial charge in [0.25, 0.3) is 0 Å². The highest BCUT2D eigenvalue weighted by Crippen LogP contribution is 2.31. The summed E-state index contributed by atoms with van der Waals surface area (Å²) < 4.78 is 25.4. The number of nitrogens with zero attached hydrogens (tertiary/aromatic N) is 1. The van der Waals surface area contributed by atoms with E-state index in [-0.39, 0.29) is 19.0 Å². The SMILES string of the molecule is CC(C)C1(O)CN(S(=O)(=O)C=Cc2ccc(Cl)cc2)C1. The lowest BCUT2D eigenvalue weighted by molar-refractivity contribution is -0.0928. The Kier molecular flexibility index (Phi) is 4.25. The number of sulfonamides is 1. The van der Waals surface area contributed by atoms with Crippen molar-refractivity contribution in [1.29, 1.82) is 0 Å². The fraction of sp³-hybridized carbons (Fsp3) is 0.429. The monoisotopic (exact) mass is 315 g/mol. The van der Waals surface area contributed by atoms with E-state index in [9.17, 15) is 13.5 Å². The highest BCUT2D eigenvalue weighted by Gasteiger charge is 2.47. The average molecular weight is 316 g/mol. The normalized spacial score (nSPS) is 19.4. The molecule has 1 fully saturated rings. The molecular weight excluding hydrogens is 298 g/mol. The smallest absolute Gasteiger partial charge is 0.236 e. The largest absolute Gasteiger partial charge is 0.387 e. The standard InChI is InChI=1S/C14H18ClNO3S/c1-11(2)14(17)9-16(10-14)20(18,19)8-7-12-3-5-13(15)6-4-12/h3-8,11,17H,9-10H2,1-2H3. The second kappa shape index (κ2) is 5.48. The molecule has 0 bridgehead atoms. The molecule has 0 spiro atoms. The molecule has 0 atom stereocenters. The van der Waals surface area contributed by atoms with Crippen molar-refractivity contribution >= 4 is 27.7 Å². The van der Waals surface area contributed by atoms with Gasteiger partial charge in [0, 0.05) is 23.5 Å². The highest BCUT2D eigenvalue weighted by molar-refractivity contribution is 7.92. The minimum Gasteiger partial charge on any atom is -0.387 e. The molecule has 1 N–H and O–H groups in total. The van der Waals surface area contributed by atoms with E-state index in [2.05, 4.69) is 0 Å². The maximum atomic E-state index is 12.1. The molecule has 1 aromatic rings. The first kappa shape index (κ1) is 15.5. The van der Waals surface area contributed by atoms with Crippen LogP contribution in [0.15, 0.2) is 29.7 Å². The van der Waals surface area contributed by atoms with Crippen LogP contribution in [0.1, 0.15) is 19.4 Å². The molecule has 0 amide bonds. The predicted molar refractivity (Wildman–Crippen MR) is 80.8 cm³/mol. The van der Waals surface area contributed by atoms with Crippen molar-refractivity contribution in [3.63, 3.8) is 0 Å². The first-order chi connectivity index (χ1) is 9.23. The van der Waals surface area contributed by atoms with E-state index in [1.54, 1.807) is 24.3 Å². The number of aliphatic hydroxyl groups is 1. The van der Waals surface area contributed by atoms with Crippen LogP contribution in [0, 0.1) is 5.92 Å². The average Bonchev–Trinajstić information content (AvgIpc) is 2.34. The molecule has 1 heterocycles. The number of β-amino-alcohol motifs (C(OH)–C–C–N with tert-alkyl or cyclic N) is 1. The lowest BCUT2D eigenvalue weighted by Crippen LogP contribution is -2.65. The van der Waals surface area contributed by atoms with E-state index in [1.807, 2.05) is 13.8 Å². The van der Waals surface area contributed by atoms with Gasteiger partial charge in [-0.05, 0) is 29.7 Å². The fourth-order valence-corrected chi connectivity index (χ4v) is 3.37. The third kappa shape index (κ3) is 3.23. The number of benzene rings is 1. The van der Waals surface area contributed by atoms with E-state index in [4.69, 9.17) is 11.6 Å². The van der Waals surface area contributed by atoms with Crippen LogP contribution in [0.4, 0.5) is 0 Å². The predicted octanol–water partition coefficient (Wildman–Crippen LogP) is 2.34. The Morgan fingerprint density at radius 1 is 1.30 bits per heavy atom. The summed E-state index contributed by atoms with van der Waals surface area (Å²) in [5, 5.41) is 11.9. The van der Waals surface area contributed by atoms with Crippen molar-refractivity contribution < 1.29 is 13.5 Å². The summed E-state index contributed by atoms with van der Waals surface area (Å²) in [4.78, 5) is 0. The van der Waals surface area contributed by atoms with E-state index >= 15 is 0 Å². The minimum atomic E-state index is -3.48. The quantitative estimate of drug-likeness (QED) is 0.928. The van der Waals surface area contributed by atoms with E-state index < -0.39 is 15.6 Å². The zero-order chi connectivity index (χ0) is 15.0. The molecule has 0 aliphatic carbocycles. The lowest BCUT2D eigenvalue weighted by atomic mass is 9.85. The van der Waals surface area contributed by atoms with E-state index in [0.29, 0.717) is 5.02 Å². The van der Waals surface area contributed by atoms with Gasteiger partial charge in [-0.15, -0.1) is 0 Å². The second-order valence-electron chi connectivity index (χ2n) is 5.43. The van der Waals surface area contributed by atoms with Gasteiger partial charge in [0.05, 0.1) is 5.60 Å². The number of hydrogen-bond acceptors (Lipinski definition) is 3. The van der Waals surface area contributed by atoms with Crippen LogP contribution in [0.2, 0.25) is 5.02 Å². The maximum absolute atomic E-state index is 12.1. The molecule has 0 aromatic heterocycles. The minimum absolute atomic E-state index is 0.0363. The van der Waals surface area contributed by atoms with Crippen LogP contribution in [0.3, 0.4) is 0 Å². The molecule has 1 saturated heterocycles. The third-order valence-corrected chi connectivity index (χ3v) is 5.35. The first-order valence-corrected chi connectivity index (χ1v) is 8.27. The summed E-state index contributed by atoms with van der Waals surface area (Å²) in [6, 6.07) is 6.90. The third-order valence-electron chi connectivity index (χ3n) is 3.64. The zero-order valence-corrected chi connectivity index (χ0v) is 13.0. The van der Waals surface area contributed by atoms with Crippen molar-refractivity contribution in [1.82, 2.24) is 4.31 Å². The van der Waals surface area contributed by atoms with Crippen LogP contribution in [-0.4, -0.2) is 36.5 Å². The van der Waals surface area contributed by atoms with Gasteiger partial charge < -0.3 is 5.11 Å². The van der Waals surface area contributed by atoms with Gasteiger partial charge in [0.1, 0.15) is 0 Å². The fourth-order valence-electron chi connectivity index (χ4n) is 1.93. The summed E-state index contributed by atoms with van der Waals surface area (Å²) in [7, 11) is -3.48. The van der Waals surface area contributed by atoms with Crippen LogP contribution in [-0.2, 0) is 10.0 Å². The van der Waals surface area contributed by atoms with Gasteiger partial charge in [0.15, 0.2) is 0 Å². The Hall–Kier alpha value is -0.880. The van der Waals surface area contributed by atoms with E-state index in [1.165, 1.54) is 10.4 Å². The van der Waals surface area contributed by atoms with Gasteiger partial charge in [-0.1, -0.05) is 37.6 Å². The van der Waals surface area contributed by atoms with Crippen molar-refractivity contribution in [2.45, 2.75) is 19.4 Å². The van der Waals surface area contributed by atoms with Crippen LogP contribution in [0.5, 0.6) is 0 Å². The lowest BCUT2D eigenvalue weighted by Gasteiger charge is -2.47. The summed E-state index contributed by atoms with van der Waals surface area (Å²) in [6.07, 6.45) is 1.53. The highest BCUT2D eigenvalue weighted by atomic mass is 35.5. The molecule has 1 aromatic carbocycles. The molecular formula is C14H18ClNO3S. The molecule has 1 aliphatic heterocycles. The molecule has 0 unspecified atom stereocenters. The molecule has 4 nitrogen and oxygen atoms in total. The summed E-state index contributed by atoms with van der Waals surface area (Å²) in [5.41, 5.74) is -0.140. The van der Waals surface area contributed by atoms with Gasteiger partial charge in [0.2, 0.25) is 10.0 Å². The molecule has 0 radical (unpaired) electrons. The summed E-state index contributed by atoms with van der Waals surface area (Å²) in [6.45, 7) is 4.07. The van der Waals surface area contributed by atoms with E-state index in [0.717, 1.165) is 11.0 Å². The van der Waals surface area contributed by atoms with Crippen LogP contribution < -0.4 is 0 Å². The second-order valence-corrected chi connectivity index (χ2v) is 7.68. The Balaban J connectivity index is 2.04. The molecule has 20 heavy (non-hydrogen) atoms. The van der Waals surface area contributed by atoms with Crippen molar-refractivity contribution in [3.8, 4) is 0 Å². The summed E-state index contributed by atoms with van der Waals surface area (Å²) >= 11 is 5.77. The molecule has 0 saturated carbocycles. The molecule has 110 valence electrons. The zero-order valence-electron chi connectivity index (χ0n) is 11.5. The van der Waals surface area contributed by atoms with Gasteiger partial charge in [-0.3, -0.25) is 0 Å². The Morgan fingerprint density at radius 3 is 2.35 bits per heavy atom. The van der Waals surface area contributed by atoms with Crippen molar-refractivity contribution in [2.24, 2.45) is 5.92 Å². The van der Waals surface area contributed by atoms with Gasteiger partial charge in [-0.2, -0.15) is 4.31 Å². The Morgan fingerprint density at radius 2 is 1.85 bits per heavy atom. The molecule has 2 rings (SSSR count). The number of halogens is 1. The molecule has 1 aliphatic rings. The van der Waals surface area contributed by atoms with Crippen LogP contribution in [0.25, 0.3) is 6.08 Å². The molecule has 6 heteroatoms. The van der Waals surface area contributed by atoms with Crippen molar-refractivity contribution in [2.75, 3.05) is 13.1 Å². The van der Waals surface area contributed by atoms with Gasteiger partial charge in [-0.25, -0.2) is 8.42 Å². The van der Waals surface area contributed by atoms with Crippen molar-refractivity contribution in [3.05, 3.63) is 40.3 Å². The maximum Gasteiger partial charge on any atom is 0.236 e. The van der Waals surface area contributed by atoms with Gasteiger partial charge >= 0.3 is 0 Å².